The molecule has 0 unspecified atom stereocenters. The molecule has 0 bridgehead atoms. The molecule has 118 valence electrons. The molecule has 1 aliphatic heterocycles. The van der Waals surface area contributed by atoms with E-state index in [1.54, 1.807) is 0 Å². The molecule has 0 saturated carbocycles. The summed E-state index contributed by atoms with van der Waals surface area (Å²) in [6, 6.07) is 15.9. The Morgan fingerprint density at radius 3 is 2.48 bits per heavy atom. The van der Waals surface area contributed by atoms with Gasteiger partial charge in [0, 0.05) is 28.4 Å². The number of likely N-dealkylation sites (N-methyl/N-ethyl adjacent to an activating group) is 1. The minimum absolute atomic E-state index is 0.0778. The average Bonchev–Trinajstić information content (AvgIpc) is 2.77. The van der Waals surface area contributed by atoms with Gasteiger partial charge in [-0.1, -0.05) is 43.6 Å². The summed E-state index contributed by atoms with van der Waals surface area (Å²) in [7, 11) is 0. The number of anilines is 1. The van der Waals surface area contributed by atoms with E-state index in [1.807, 2.05) is 30.5 Å². The number of hydrogen-bond acceptors (Lipinski definition) is 3. The Bertz CT molecular complexity index is 760. The van der Waals surface area contributed by atoms with E-state index in [2.05, 4.69) is 60.2 Å². The Morgan fingerprint density at radius 1 is 1.09 bits per heavy atom. The minimum atomic E-state index is -0.0778. The molecule has 0 fully saturated rings. The highest BCUT2D eigenvalue weighted by molar-refractivity contribution is 6.30. The Balaban J connectivity index is 1.94. The third-order valence-corrected chi connectivity index (χ3v) is 4.55. The van der Waals surface area contributed by atoms with Crippen molar-refractivity contribution in [3.05, 3.63) is 71.0 Å². The molecular weight excluding hydrogens is 306 g/mol. The van der Waals surface area contributed by atoms with E-state index >= 15 is 0 Å². The van der Waals surface area contributed by atoms with E-state index in [4.69, 9.17) is 11.6 Å². The lowest BCUT2D eigenvalue weighted by Crippen LogP contribution is -2.25. The molecule has 0 aliphatic carbocycles. The summed E-state index contributed by atoms with van der Waals surface area (Å²) in [6.45, 7) is 7.52. The van der Waals surface area contributed by atoms with Crippen LogP contribution < -0.4 is 4.90 Å². The van der Waals surface area contributed by atoms with Crippen LogP contribution in [0.15, 0.2) is 70.7 Å². The first kappa shape index (κ1) is 15.8. The molecule has 1 heterocycles. The van der Waals surface area contributed by atoms with E-state index in [0.29, 0.717) is 5.02 Å². The molecule has 0 amide bonds. The molecular formula is C19H20ClN3. The molecule has 0 atom stereocenters. The largest absolute Gasteiger partial charge is 0.343 e. The van der Waals surface area contributed by atoms with Crippen molar-refractivity contribution in [3.63, 3.8) is 0 Å². The molecule has 2 aromatic carbocycles. The van der Waals surface area contributed by atoms with Crippen LogP contribution in [0, 0.1) is 0 Å². The van der Waals surface area contributed by atoms with Gasteiger partial charge >= 0.3 is 0 Å². The van der Waals surface area contributed by atoms with Crippen molar-refractivity contribution in [1.29, 1.82) is 0 Å². The van der Waals surface area contributed by atoms with Gasteiger partial charge in [0.25, 0.3) is 0 Å². The topological polar surface area (TPSA) is 28.0 Å². The first-order valence-corrected chi connectivity index (χ1v) is 8.16. The molecule has 0 saturated heterocycles. The van der Waals surface area contributed by atoms with Crippen LogP contribution in [0.25, 0.3) is 0 Å². The smallest absolute Gasteiger partial charge is 0.0857 e. The zero-order valence-corrected chi connectivity index (χ0v) is 14.4. The van der Waals surface area contributed by atoms with Gasteiger partial charge in [0.05, 0.1) is 11.9 Å². The lowest BCUT2D eigenvalue weighted by Gasteiger charge is -2.25. The van der Waals surface area contributed by atoms with E-state index in [1.165, 1.54) is 16.9 Å². The molecule has 23 heavy (non-hydrogen) atoms. The molecule has 0 radical (unpaired) electrons. The predicted molar refractivity (Wildman–Crippen MR) is 96.5 cm³/mol. The first-order chi connectivity index (χ1) is 11.0. The summed E-state index contributed by atoms with van der Waals surface area (Å²) in [5, 5.41) is 9.28. The summed E-state index contributed by atoms with van der Waals surface area (Å²) < 4.78 is 0. The van der Waals surface area contributed by atoms with Gasteiger partial charge in [0.15, 0.2) is 0 Å². The fourth-order valence-electron chi connectivity index (χ4n) is 3.07. The predicted octanol–water partition coefficient (Wildman–Crippen LogP) is 6.08. The highest BCUT2D eigenvalue weighted by Gasteiger charge is 2.39. The van der Waals surface area contributed by atoms with Crippen LogP contribution in [0.3, 0.4) is 0 Å². The maximum Gasteiger partial charge on any atom is 0.0857 e. The van der Waals surface area contributed by atoms with Gasteiger partial charge in [0.1, 0.15) is 0 Å². The second-order valence-corrected chi connectivity index (χ2v) is 6.53. The zero-order chi connectivity index (χ0) is 16.4. The van der Waals surface area contributed by atoms with Crippen molar-refractivity contribution < 1.29 is 0 Å². The average molecular weight is 326 g/mol. The number of benzene rings is 2. The third-order valence-electron chi connectivity index (χ3n) is 4.30. The van der Waals surface area contributed by atoms with Crippen LogP contribution in [-0.4, -0.2) is 6.54 Å². The zero-order valence-electron chi connectivity index (χ0n) is 13.6. The highest BCUT2D eigenvalue weighted by Crippen LogP contribution is 2.47. The number of rotatable bonds is 3. The normalized spacial score (nSPS) is 17.9. The van der Waals surface area contributed by atoms with E-state index in [9.17, 15) is 0 Å². The van der Waals surface area contributed by atoms with Crippen LogP contribution in [0.1, 0.15) is 26.3 Å². The van der Waals surface area contributed by atoms with E-state index in [0.717, 1.165) is 12.2 Å². The van der Waals surface area contributed by atoms with Crippen molar-refractivity contribution in [1.82, 2.24) is 0 Å². The van der Waals surface area contributed by atoms with Gasteiger partial charge in [-0.25, -0.2) is 0 Å². The second kappa shape index (κ2) is 6.17. The highest BCUT2D eigenvalue weighted by atomic mass is 35.5. The van der Waals surface area contributed by atoms with Crippen LogP contribution in [0.2, 0.25) is 5.02 Å². The standard InChI is InChI=1S/C19H20ClN3/c1-4-23-17-8-6-5-7-16(17)19(2,3)18(23)13-21-22-15-11-9-14(20)10-12-15/h5-13H,4H2,1-3H3/b18-13+,22-21?. The minimum Gasteiger partial charge on any atom is -0.343 e. The van der Waals surface area contributed by atoms with Crippen LogP contribution in [0.5, 0.6) is 0 Å². The number of para-hydroxylation sites is 1. The summed E-state index contributed by atoms with van der Waals surface area (Å²) in [5.41, 5.74) is 4.47. The fourth-order valence-corrected chi connectivity index (χ4v) is 3.20. The Morgan fingerprint density at radius 2 is 1.78 bits per heavy atom. The monoisotopic (exact) mass is 325 g/mol. The number of fused-ring (bicyclic) bond motifs is 1. The number of hydrogen-bond donors (Lipinski definition) is 0. The molecule has 0 N–H and O–H groups in total. The number of allylic oxidation sites excluding steroid dienone is 1. The van der Waals surface area contributed by atoms with Crippen molar-refractivity contribution in [3.8, 4) is 0 Å². The van der Waals surface area contributed by atoms with Gasteiger partial charge < -0.3 is 4.90 Å². The lowest BCUT2D eigenvalue weighted by molar-refractivity contribution is 0.630. The molecule has 4 heteroatoms. The summed E-state index contributed by atoms with van der Waals surface area (Å²) >= 11 is 5.89. The molecule has 3 nitrogen and oxygen atoms in total. The SMILES string of the molecule is CCN1/C(=C/N=Nc2ccc(Cl)cc2)C(C)(C)c2ccccc21. The first-order valence-electron chi connectivity index (χ1n) is 7.78. The maximum absolute atomic E-state index is 5.89. The summed E-state index contributed by atoms with van der Waals surface area (Å²) in [6.07, 6.45) is 1.87. The second-order valence-electron chi connectivity index (χ2n) is 6.09. The summed E-state index contributed by atoms with van der Waals surface area (Å²) in [4.78, 5) is 2.30. The molecule has 0 aromatic heterocycles. The molecule has 0 spiro atoms. The van der Waals surface area contributed by atoms with Crippen molar-refractivity contribution >= 4 is 23.0 Å². The molecule has 1 aliphatic rings. The van der Waals surface area contributed by atoms with Crippen molar-refractivity contribution in [2.24, 2.45) is 10.2 Å². The van der Waals surface area contributed by atoms with Crippen molar-refractivity contribution in [2.45, 2.75) is 26.2 Å². The van der Waals surface area contributed by atoms with Crippen LogP contribution in [0.4, 0.5) is 11.4 Å². The van der Waals surface area contributed by atoms with E-state index in [-0.39, 0.29) is 5.41 Å². The van der Waals surface area contributed by atoms with Gasteiger partial charge in [-0.3, -0.25) is 0 Å². The van der Waals surface area contributed by atoms with Gasteiger partial charge in [-0.15, -0.1) is 0 Å². The quantitative estimate of drug-likeness (QED) is 0.628. The number of azo groups is 1. The fraction of sp³-hybridized carbons (Fsp3) is 0.263. The van der Waals surface area contributed by atoms with Crippen LogP contribution in [-0.2, 0) is 5.41 Å². The Hall–Kier alpha value is -2.13. The summed E-state index contributed by atoms with van der Waals surface area (Å²) in [5.74, 6) is 0. The van der Waals surface area contributed by atoms with E-state index < -0.39 is 0 Å². The van der Waals surface area contributed by atoms with Gasteiger partial charge in [-0.2, -0.15) is 10.2 Å². The van der Waals surface area contributed by atoms with Crippen molar-refractivity contribution in [2.75, 3.05) is 11.4 Å². The number of halogens is 1. The molecule has 3 rings (SSSR count). The Labute approximate surface area is 142 Å². The lowest BCUT2D eigenvalue weighted by atomic mass is 9.84. The molecule has 2 aromatic rings. The van der Waals surface area contributed by atoms with Gasteiger partial charge in [0.2, 0.25) is 0 Å². The third kappa shape index (κ3) is 2.89. The van der Waals surface area contributed by atoms with Crippen LogP contribution >= 0.6 is 11.6 Å². The maximum atomic E-state index is 5.89. The Kier molecular flexibility index (Phi) is 4.22. The number of nitrogens with zero attached hydrogens (tertiary/aromatic N) is 3. The van der Waals surface area contributed by atoms with Gasteiger partial charge in [-0.05, 0) is 42.8 Å².